The third kappa shape index (κ3) is 3.31. The predicted molar refractivity (Wildman–Crippen MR) is 85.4 cm³/mol. The molecule has 1 aliphatic rings. The van der Waals surface area contributed by atoms with Crippen molar-refractivity contribution in [2.45, 2.75) is 33.0 Å². The van der Waals surface area contributed by atoms with Crippen LogP contribution in [0.1, 0.15) is 32.4 Å². The van der Waals surface area contributed by atoms with Crippen LogP contribution in [0.5, 0.6) is 0 Å². The number of nitrogens with one attached hydrogen (secondary N) is 1. The monoisotopic (exact) mass is 318 g/mol. The van der Waals surface area contributed by atoms with Gasteiger partial charge in [-0.05, 0) is 26.3 Å². The fourth-order valence-electron chi connectivity index (χ4n) is 2.83. The number of carbonyl (C=O) groups is 2. The number of ether oxygens (including phenoxy) is 2. The van der Waals surface area contributed by atoms with Crippen molar-refractivity contribution in [3.05, 3.63) is 47.2 Å². The van der Waals surface area contributed by atoms with E-state index in [9.17, 15) is 9.59 Å². The van der Waals surface area contributed by atoms with Gasteiger partial charge in [0.2, 0.25) is 0 Å². The molecule has 0 spiro atoms. The summed E-state index contributed by atoms with van der Waals surface area (Å²) in [7, 11) is 1.33. The van der Waals surface area contributed by atoms with Crippen LogP contribution >= 0.6 is 0 Å². The molecule has 1 N–H and O–H groups in total. The summed E-state index contributed by atoms with van der Waals surface area (Å²) >= 11 is 0. The Kier molecular flexibility index (Phi) is 5.26. The molecule has 1 heterocycles. The lowest BCUT2D eigenvalue weighted by molar-refractivity contribution is -0.137. The third-order valence-electron chi connectivity index (χ3n) is 3.80. The summed E-state index contributed by atoms with van der Waals surface area (Å²) in [6.07, 6.45) is -0.789. The van der Waals surface area contributed by atoms with E-state index in [0.29, 0.717) is 11.3 Å². The van der Waals surface area contributed by atoms with E-state index >= 15 is 0 Å². The summed E-state index contributed by atoms with van der Waals surface area (Å²) in [5.41, 5.74) is 1.93. The molecule has 0 aliphatic carbocycles. The van der Waals surface area contributed by atoms with Crippen molar-refractivity contribution in [3.8, 4) is 0 Å². The first-order valence-electron chi connectivity index (χ1n) is 7.56. The number of rotatable bonds is 3. The lowest BCUT2D eigenvalue weighted by Gasteiger charge is -2.41. The normalized spacial score (nSPS) is 20.8. The maximum Gasteiger partial charge on any atom is 0.412 e. The van der Waals surface area contributed by atoms with Crippen molar-refractivity contribution < 1.29 is 19.1 Å². The minimum Gasteiger partial charge on any atom is -0.466 e. The minimum atomic E-state index is -0.557. The van der Waals surface area contributed by atoms with Gasteiger partial charge in [-0.15, -0.1) is 0 Å². The zero-order valence-corrected chi connectivity index (χ0v) is 13.8. The van der Waals surface area contributed by atoms with Crippen LogP contribution in [0.3, 0.4) is 0 Å². The molecule has 1 aromatic carbocycles. The molecule has 0 saturated heterocycles. The van der Waals surface area contributed by atoms with Crippen LogP contribution in [-0.2, 0) is 14.3 Å². The topological polar surface area (TPSA) is 67.9 Å². The summed E-state index contributed by atoms with van der Waals surface area (Å²) in [5, 5.41) is 3.14. The van der Waals surface area contributed by atoms with Gasteiger partial charge in [-0.1, -0.05) is 30.3 Å². The van der Waals surface area contributed by atoms with E-state index < -0.39 is 18.1 Å². The number of carbonyl (C=O) groups excluding carboxylic acids is 2. The molecule has 0 radical (unpaired) electrons. The Balaban J connectivity index is 2.57. The Morgan fingerprint density at radius 1 is 1.26 bits per heavy atom. The van der Waals surface area contributed by atoms with Gasteiger partial charge in [0.05, 0.1) is 25.3 Å². The van der Waals surface area contributed by atoms with Crippen LogP contribution in [0, 0.1) is 0 Å². The van der Waals surface area contributed by atoms with Gasteiger partial charge in [0.1, 0.15) is 6.17 Å². The molecule has 2 rings (SSSR count). The molecule has 124 valence electrons. The summed E-state index contributed by atoms with van der Waals surface area (Å²) in [6.45, 7) is 5.67. The number of allylic oxidation sites excluding steroid dienone is 1. The van der Waals surface area contributed by atoms with Crippen molar-refractivity contribution in [1.82, 2.24) is 10.2 Å². The number of esters is 1. The third-order valence-corrected chi connectivity index (χ3v) is 3.80. The smallest absolute Gasteiger partial charge is 0.412 e. The Morgan fingerprint density at radius 2 is 1.91 bits per heavy atom. The van der Waals surface area contributed by atoms with Gasteiger partial charge in [0.15, 0.2) is 0 Å². The average molecular weight is 318 g/mol. The molecule has 0 saturated carbocycles. The van der Waals surface area contributed by atoms with Crippen molar-refractivity contribution >= 4 is 12.1 Å². The second-order valence-corrected chi connectivity index (χ2v) is 5.27. The van der Waals surface area contributed by atoms with Crippen molar-refractivity contribution in [3.63, 3.8) is 0 Å². The maximum atomic E-state index is 12.4. The molecule has 23 heavy (non-hydrogen) atoms. The van der Waals surface area contributed by atoms with E-state index in [0.717, 1.165) is 5.56 Å². The predicted octanol–water partition coefficient (Wildman–Crippen LogP) is 2.58. The maximum absolute atomic E-state index is 12.4. The van der Waals surface area contributed by atoms with Crippen LogP contribution in [0.2, 0.25) is 0 Å². The quantitative estimate of drug-likeness (QED) is 0.868. The van der Waals surface area contributed by atoms with Gasteiger partial charge < -0.3 is 14.8 Å². The van der Waals surface area contributed by atoms with Gasteiger partial charge >= 0.3 is 12.1 Å². The molecule has 0 bridgehead atoms. The molecule has 6 nitrogen and oxygen atoms in total. The zero-order valence-electron chi connectivity index (χ0n) is 13.8. The van der Waals surface area contributed by atoms with Crippen LogP contribution in [0.25, 0.3) is 0 Å². The molecule has 1 amide bonds. The van der Waals surface area contributed by atoms with E-state index in [1.165, 1.54) is 12.0 Å². The fraction of sp³-hybridized carbons (Fsp3) is 0.412. The number of nitrogens with zero attached hydrogens (tertiary/aromatic N) is 1. The summed E-state index contributed by atoms with van der Waals surface area (Å²) in [4.78, 5) is 26.3. The molecule has 6 heteroatoms. The second kappa shape index (κ2) is 7.17. The Morgan fingerprint density at radius 3 is 2.48 bits per heavy atom. The average Bonchev–Trinajstić information content (AvgIpc) is 2.54. The number of methoxy groups -OCH3 is 1. The minimum absolute atomic E-state index is 0.264. The highest BCUT2D eigenvalue weighted by molar-refractivity contribution is 5.92. The Hall–Kier alpha value is -2.50. The number of amides is 1. The fourth-order valence-corrected chi connectivity index (χ4v) is 2.83. The highest BCUT2D eigenvalue weighted by Gasteiger charge is 2.41. The first-order chi connectivity index (χ1) is 11.0. The second-order valence-electron chi connectivity index (χ2n) is 5.27. The lowest BCUT2D eigenvalue weighted by Crippen LogP contribution is -2.53. The molecule has 2 unspecified atom stereocenters. The highest BCUT2D eigenvalue weighted by Crippen LogP contribution is 2.35. The zero-order chi connectivity index (χ0) is 17.0. The van der Waals surface area contributed by atoms with E-state index in [1.54, 1.807) is 13.8 Å². The van der Waals surface area contributed by atoms with Gasteiger partial charge in [0.25, 0.3) is 0 Å². The molecule has 0 fully saturated rings. The first kappa shape index (κ1) is 16.9. The summed E-state index contributed by atoms with van der Waals surface area (Å²) < 4.78 is 10.1. The molecule has 1 aliphatic heterocycles. The van der Waals surface area contributed by atoms with E-state index in [4.69, 9.17) is 9.47 Å². The Labute approximate surface area is 136 Å². The largest absolute Gasteiger partial charge is 0.466 e. The van der Waals surface area contributed by atoms with Gasteiger partial charge in [-0.25, -0.2) is 9.59 Å². The van der Waals surface area contributed by atoms with Crippen molar-refractivity contribution in [1.29, 1.82) is 0 Å². The van der Waals surface area contributed by atoms with Crippen LogP contribution in [0.4, 0.5) is 4.79 Å². The SMILES string of the molecule is CCOC(=O)N1C(C)NC(C)=C(C(=O)OC)C1c1ccccc1. The molecule has 1 aromatic rings. The number of benzene rings is 1. The summed E-state index contributed by atoms with van der Waals surface area (Å²) in [6, 6.07) is 8.83. The van der Waals surface area contributed by atoms with E-state index in [-0.39, 0.29) is 12.8 Å². The summed E-state index contributed by atoms with van der Waals surface area (Å²) in [5.74, 6) is -0.468. The van der Waals surface area contributed by atoms with Gasteiger partial charge in [0, 0.05) is 5.70 Å². The van der Waals surface area contributed by atoms with Crippen LogP contribution < -0.4 is 5.32 Å². The van der Waals surface area contributed by atoms with Gasteiger partial charge in [-0.3, -0.25) is 4.90 Å². The van der Waals surface area contributed by atoms with Crippen LogP contribution in [-0.4, -0.2) is 36.8 Å². The van der Waals surface area contributed by atoms with Crippen molar-refractivity contribution in [2.75, 3.05) is 13.7 Å². The molecular formula is C17H22N2O4. The van der Waals surface area contributed by atoms with E-state index in [1.807, 2.05) is 37.3 Å². The highest BCUT2D eigenvalue weighted by atomic mass is 16.6. The number of hydrogen-bond acceptors (Lipinski definition) is 5. The lowest BCUT2D eigenvalue weighted by atomic mass is 9.93. The molecule has 0 aromatic heterocycles. The van der Waals surface area contributed by atoms with Crippen LogP contribution in [0.15, 0.2) is 41.6 Å². The molecular weight excluding hydrogens is 296 g/mol. The van der Waals surface area contributed by atoms with E-state index in [2.05, 4.69) is 5.32 Å². The van der Waals surface area contributed by atoms with Crippen molar-refractivity contribution in [2.24, 2.45) is 0 Å². The Bertz CT molecular complexity index is 612. The molecule has 2 atom stereocenters. The van der Waals surface area contributed by atoms with Gasteiger partial charge in [-0.2, -0.15) is 0 Å². The number of hydrogen-bond donors (Lipinski definition) is 1. The standard InChI is InChI=1S/C17H22N2O4/c1-5-23-17(21)19-12(3)18-11(2)14(16(20)22-4)15(19)13-9-7-6-8-10-13/h6-10,12,15,18H,5H2,1-4H3. The first-order valence-corrected chi connectivity index (χ1v) is 7.56.